The minimum Gasteiger partial charge on any atom is -0.375 e. The first-order valence-electron chi connectivity index (χ1n) is 8.95. The monoisotopic (exact) mass is 340 g/mol. The summed E-state index contributed by atoms with van der Waals surface area (Å²) >= 11 is 0. The summed E-state index contributed by atoms with van der Waals surface area (Å²) in [5, 5.41) is 6.24. The van der Waals surface area contributed by atoms with Crippen molar-refractivity contribution in [2.45, 2.75) is 26.2 Å². The quantitative estimate of drug-likeness (QED) is 0.650. The number of nitrogens with one attached hydrogen (secondary N) is 2. The van der Waals surface area contributed by atoms with Crippen LogP contribution in [0.25, 0.3) is 0 Å². The molecule has 1 amide bonds. The van der Waals surface area contributed by atoms with Crippen molar-refractivity contribution in [2.24, 2.45) is 0 Å². The van der Waals surface area contributed by atoms with Crippen LogP contribution in [0.1, 0.15) is 36.5 Å². The van der Waals surface area contributed by atoms with E-state index in [9.17, 15) is 4.79 Å². The van der Waals surface area contributed by atoms with Crippen LogP contribution in [-0.4, -0.2) is 37.6 Å². The Morgan fingerprint density at radius 3 is 2.52 bits per heavy atom. The highest BCUT2D eigenvalue weighted by Crippen LogP contribution is 2.14. The lowest BCUT2D eigenvalue weighted by molar-refractivity contribution is 0.0953. The molecule has 1 heterocycles. The molecule has 2 rings (SSSR count). The average molecular weight is 340 g/mol. The number of carbonyl (C=O) groups is 1. The lowest BCUT2D eigenvalue weighted by Crippen LogP contribution is -2.25. The summed E-state index contributed by atoms with van der Waals surface area (Å²) in [6, 6.07) is 13.6. The van der Waals surface area contributed by atoms with Crippen molar-refractivity contribution in [3.8, 4) is 0 Å². The number of carbonyl (C=O) groups excluding carboxylic acids is 1. The summed E-state index contributed by atoms with van der Waals surface area (Å²) < 4.78 is 0. The maximum Gasteiger partial charge on any atom is 0.251 e. The van der Waals surface area contributed by atoms with E-state index in [-0.39, 0.29) is 5.91 Å². The fourth-order valence-corrected chi connectivity index (χ4v) is 2.57. The number of amides is 1. The van der Waals surface area contributed by atoms with Crippen LogP contribution in [0.3, 0.4) is 0 Å². The number of aromatic nitrogens is 1. The molecule has 0 spiro atoms. The van der Waals surface area contributed by atoms with E-state index in [4.69, 9.17) is 0 Å². The van der Waals surface area contributed by atoms with E-state index in [1.54, 1.807) is 6.20 Å². The molecular formula is C20H28N4O. The second kappa shape index (κ2) is 10.3. The number of rotatable bonds is 10. The summed E-state index contributed by atoms with van der Waals surface area (Å²) in [6.07, 6.45) is 4.79. The van der Waals surface area contributed by atoms with Crippen LogP contribution in [0, 0.1) is 0 Å². The van der Waals surface area contributed by atoms with Crippen LogP contribution in [-0.2, 0) is 0 Å². The number of nitrogens with zero attached hydrogens (tertiary/aromatic N) is 2. The maximum atomic E-state index is 12.2. The summed E-state index contributed by atoms with van der Waals surface area (Å²) in [6.45, 7) is 4.70. The van der Waals surface area contributed by atoms with Crippen LogP contribution in [0.4, 0.5) is 11.5 Å². The molecule has 0 aliphatic carbocycles. The third-order valence-corrected chi connectivity index (χ3v) is 3.99. The Hall–Kier alpha value is -2.56. The molecule has 2 N–H and O–H groups in total. The molecule has 0 radical (unpaired) electrons. The van der Waals surface area contributed by atoms with Gasteiger partial charge in [0.05, 0.1) is 0 Å². The number of hydrogen-bond acceptors (Lipinski definition) is 4. The van der Waals surface area contributed by atoms with Crippen LogP contribution >= 0.6 is 0 Å². The van der Waals surface area contributed by atoms with E-state index >= 15 is 0 Å². The first-order chi connectivity index (χ1) is 12.2. The molecule has 5 nitrogen and oxygen atoms in total. The van der Waals surface area contributed by atoms with Crippen molar-refractivity contribution in [1.82, 2.24) is 10.3 Å². The highest BCUT2D eigenvalue weighted by Gasteiger charge is 2.06. The Bertz CT molecular complexity index is 628. The van der Waals surface area contributed by atoms with Gasteiger partial charge in [-0.3, -0.25) is 4.79 Å². The van der Waals surface area contributed by atoms with Gasteiger partial charge in [0.15, 0.2) is 0 Å². The molecular weight excluding hydrogens is 312 g/mol. The second-order valence-electron chi connectivity index (χ2n) is 6.07. The van der Waals surface area contributed by atoms with Gasteiger partial charge < -0.3 is 15.5 Å². The van der Waals surface area contributed by atoms with E-state index in [2.05, 4.69) is 34.5 Å². The molecule has 0 atom stereocenters. The van der Waals surface area contributed by atoms with Crippen LogP contribution in [0.15, 0.2) is 48.7 Å². The predicted octanol–water partition coefficient (Wildman–Crippen LogP) is 3.55. The predicted molar refractivity (Wildman–Crippen MR) is 104 cm³/mol. The minimum absolute atomic E-state index is 0.0117. The van der Waals surface area contributed by atoms with Crippen LogP contribution < -0.4 is 15.5 Å². The zero-order valence-electron chi connectivity index (χ0n) is 15.2. The molecule has 0 unspecified atom stereocenters. The molecule has 25 heavy (non-hydrogen) atoms. The normalized spacial score (nSPS) is 10.3. The van der Waals surface area contributed by atoms with Crippen LogP contribution in [0.5, 0.6) is 0 Å². The number of benzene rings is 1. The Kier molecular flexibility index (Phi) is 7.76. The maximum absolute atomic E-state index is 12.2. The van der Waals surface area contributed by atoms with E-state index in [0.717, 1.165) is 43.9 Å². The number of hydrogen-bond donors (Lipinski definition) is 2. The summed E-state index contributed by atoms with van der Waals surface area (Å²) in [5.74, 6) is 0.877. The first-order valence-corrected chi connectivity index (χ1v) is 8.95. The van der Waals surface area contributed by atoms with E-state index < -0.39 is 0 Å². The van der Waals surface area contributed by atoms with E-state index in [1.807, 2.05) is 42.5 Å². The molecule has 1 aromatic heterocycles. The third kappa shape index (κ3) is 6.45. The molecule has 2 aromatic rings. The average Bonchev–Trinajstić information content (AvgIpc) is 2.65. The lowest BCUT2D eigenvalue weighted by atomic mass is 10.1. The first kappa shape index (κ1) is 18.8. The van der Waals surface area contributed by atoms with Gasteiger partial charge in [0.25, 0.3) is 5.91 Å². The standard InChI is InChI=1S/C20H28N4O/c1-3-16-24(2)18-11-9-17(10-12-18)20(25)23-15-7-6-14-22-19-8-4-5-13-21-19/h4-5,8-13H,3,6-7,14-16H2,1-2H3,(H,21,22)(H,23,25). The highest BCUT2D eigenvalue weighted by molar-refractivity contribution is 5.94. The zero-order chi connectivity index (χ0) is 17.9. The lowest BCUT2D eigenvalue weighted by Gasteiger charge is -2.18. The number of unbranched alkanes of at least 4 members (excludes halogenated alkanes) is 1. The summed E-state index contributed by atoms with van der Waals surface area (Å²) in [4.78, 5) is 18.6. The van der Waals surface area contributed by atoms with Gasteiger partial charge in [-0.1, -0.05) is 13.0 Å². The molecule has 0 saturated carbocycles. The van der Waals surface area contributed by atoms with Gasteiger partial charge in [-0.25, -0.2) is 4.98 Å². The smallest absolute Gasteiger partial charge is 0.251 e. The SMILES string of the molecule is CCCN(C)c1ccc(C(=O)NCCCCNc2ccccn2)cc1. The van der Waals surface area contributed by atoms with Crippen molar-refractivity contribution in [3.05, 3.63) is 54.2 Å². The van der Waals surface area contributed by atoms with Crippen molar-refractivity contribution >= 4 is 17.4 Å². The molecule has 0 aliphatic heterocycles. The van der Waals surface area contributed by atoms with Gasteiger partial charge in [0, 0.05) is 44.1 Å². The number of pyridine rings is 1. The zero-order valence-corrected chi connectivity index (χ0v) is 15.2. The molecule has 0 bridgehead atoms. The van der Waals surface area contributed by atoms with Crippen molar-refractivity contribution in [2.75, 3.05) is 36.9 Å². The summed E-state index contributed by atoms with van der Waals surface area (Å²) in [5.41, 5.74) is 1.85. The molecule has 0 saturated heterocycles. The topological polar surface area (TPSA) is 57.3 Å². The Morgan fingerprint density at radius 2 is 1.84 bits per heavy atom. The molecule has 1 aromatic carbocycles. The molecule has 134 valence electrons. The Labute approximate surface area is 150 Å². The fourth-order valence-electron chi connectivity index (χ4n) is 2.57. The Balaban J connectivity index is 1.64. The van der Waals surface area contributed by atoms with Gasteiger partial charge in [-0.2, -0.15) is 0 Å². The molecule has 0 fully saturated rings. The van der Waals surface area contributed by atoms with Crippen LogP contribution in [0.2, 0.25) is 0 Å². The highest BCUT2D eigenvalue weighted by atomic mass is 16.1. The van der Waals surface area contributed by atoms with Gasteiger partial charge in [-0.05, 0) is 55.7 Å². The fraction of sp³-hybridized carbons (Fsp3) is 0.400. The molecule has 5 heteroatoms. The largest absolute Gasteiger partial charge is 0.375 e. The van der Waals surface area contributed by atoms with Crippen molar-refractivity contribution in [3.63, 3.8) is 0 Å². The van der Waals surface area contributed by atoms with E-state index in [0.29, 0.717) is 12.1 Å². The second-order valence-corrected chi connectivity index (χ2v) is 6.07. The third-order valence-electron chi connectivity index (χ3n) is 3.99. The van der Waals surface area contributed by atoms with Gasteiger partial charge >= 0.3 is 0 Å². The van der Waals surface area contributed by atoms with E-state index in [1.165, 1.54) is 0 Å². The van der Waals surface area contributed by atoms with Gasteiger partial charge in [0.2, 0.25) is 0 Å². The summed E-state index contributed by atoms with van der Waals surface area (Å²) in [7, 11) is 2.07. The van der Waals surface area contributed by atoms with Gasteiger partial charge in [0.1, 0.15) is 5.82 Å². The Morgan fingerprint density at radius 1 is 1.08 bits per heavy atom. The van der Waals surface area contributed by atoms with Crippen molar-refractivity contribution in [1.29, 1.82) is 0 Å². The molecule has 0 aliphatic rings. The van der Waals surface area contributed by atoms with Gasteiger partial charge in [-0.15, -0.1) is 0 Å². The minimum atomic E-state index is -0.0117. The number of anilines is 2. The van der Waals surface area contributed by atoms with Crippen molar-refractivity contribution < 1.29 is 4.79 Å².